The molecule has 1 aliphatic heterocycles. The Labute approximate surface area is 120 Å². The van der Waals surface area contributed by atoms with Crippen molar-refractivity contribution >= 4 is 17.8 Å². The van der Waals surface area contributed by atoms with Gasteiger partial charge in [-0.2, -0.15) is 10.1 Å². The number of likely N-dealkylation sites (tertiary alicyclic amines) is 1. The normalized spacial score (nSPS) is 18.5. The lowest BCUT2D eigenvalue weighted by Crippen LogP contribution is -2.43. The van der Waals surface area contributed by atoms with Crippen LogP contribution in [0.1, 0.15) is 23.2 Å². The highest BCUT2D eigenvalue weighted by molar-refractivity contribution is 5.95. The van der Waals surface area contributed by atoms with Gasteiger partial charge in [-0.05, 0) is 18.9 Å². The van der Waals surface area contributed by atoms with E-state index in [0.29, 0.717) is 24.6 Å². The molecular formula is C13H15N5O3. The van der Waals surface area contributed by atoms with Crippen molar-refractivity contribution in [3.8, 4) is 0 Å². The van der Waals surface area contributed by atoms with Crippen LogP contribution in [0, 0.1) is 5.92 Å². The van der Waals surface area contributed by atoms with Gasteiger partial charge in [-0.1, -0.05) is 0 Å². The Bertz CT molecular complexity index is 608. The van der Waals surface area contributed by atoms with E-state index in [4.69, 9.17) is 4.42 Å². The molecule has 8 nitrogen and oxygen atoms in total. The maximum absolute atomic E-state index is 12.3. The third kappa shape index (κ3) is 2.93. The van der Waals surface area contributed by atoms with Crippen molar-refractivity contribution in [2.24, 2.45) is 5.92 Å². The molecule has 0 aromatic carbocycles. The molecule has 0 radical (unpaired) electrons. The first-order valence-electron chi connectivity index (χ1n) is 6.72. The number of amides is 2. The Morgan fingerprint density at radius 1 is 1.48 bits per heavy atom. The fourth-order valence-corrected chi connectivity index (χ4v) is 2.43. The molecule has 1 saturated heterocycles. The summed E-state index contributed by atoms with van der Waals surface area (Å²) in [6.45, 7) is 1.04. The van der Waals surface area contributed by atoms with Gasteiger partial charge in [-0.15, -0.1) is 0 Å². The molecule has 1 fully saturated rings. The molecule has 3 rings (SSSR count). The summed E-state index contributed by atoms with van der Waals surface area (Å²) in [4.78, 5) is 30.0. The SMILES string of the molecule is O=C(Nc1ncn[nH]1)[C@@H]1CCCN(C(=O)c2ccoc2)C1. The zero-order valence-electron chi connectivity index (χ0n) is 11.3. The molecular weight excluding hydrogens is 274 g/mol. The third-order valence-corrected chi connectivity index (χ3v) is 3.50. The van der Waals surface area contributed by atoms with Gasteiger partial charge in [0.15, 0.2) is 0 Å². The number of nitrogens with zero attached hydrogens (tertiary/aromatic N) is 3. The lowest BCUT2D eigenvalue weighted by Gasteiger charge is -2.31. The van der Waals surface area contributed by atoms with Gasteiger partial charge < -0.3 is 9.32 Å². The van der Waals surface area contributed by atoms with Crippen LogP contribution in [0.15, 0.2) is 29.3 Å². The zero-order chi connectivity index (χ0) is 14.7. The number of carbonyl (C=O) groups excluding carboxylic acids is 2. The largest absolute Gasteiger partial charge is 0.472 e. The van der Waals surface area contributed by atoms with E-state index < -0.39 is 0 Å². The van der Waals surface area contributed by atoms with E-state index in [1.807, 2.05) is 0 Å². The van der Waals surface area contributed by atoms with Gasteiger partial charge >= 0.3 is 0 Å². The van der Waals surface area contributed by atoms with Crippen LogP contribution in [0.25, 0.3) is 0 Å². The summed E-state index contributed by atoms with van der Waals surface area (Å²) in [5.74, 6) is -0.199. The number of nitrogens with one attached hydrogen (secondary N) is 2. The molecule has 2 amide bonds. The van der Waals surface area contributed by atoms with Crippen molar-refractivity contribution in [3.05, 3.63) is 30.5 Å². The number of hydrogen-bond donors (Lipinski definition) is 2. The van der Waals surface area contributed by atoms with Crippen molar-refractivity contribution in [2.75, 3.05) is 18.4 Å². The number of aromatic amines is 1. The van der Waals surface area contributed by atoms with Crippen LogP contribution in [0.3, 0.4) is 0 Å². The lowest BCUT2D eigenvalue weighted by atomic mass is 9.96. The Morgan fingerprint density at radius 2 is 2.38 bits per heavy atom. The van der Waals surface area contributed by atoms with Gasteiger partial charge in [0.25, 0.3) is 5.91 Å². The van der Waals surface area contributed by atoms with Crippen LogP contribution in [0.2, 0.25) is 0 Å². The molecule has 0 bridgehead atoms. The fourth-order valence-electron chi connectivity index (χ4n) is 2.43. The van der Waals surface area contributed by atoms with E-state index in [9.17, 15) is 9.59 Å². The monoisotopic (exact) mass is 289 g/mol. The molecule has 110 valence electrons. The van der Waals surface area contributed by atoms with Crippen LogP contribution < -0.4 is 5.32 Å². The van der Waals surface area contributed by atoms with E-state index in [1.54, 1.807) is 11.0 Å². The van der Waals surface area contributed by atoms with Gasteiger partial charge in [0.05, 0.1) is 17.7 Å². The molecule has 0 saturated carbocycles. The van der Waals surface area contributed by atoms with E-state index in [0.717, 1.165) is 12.8 Å². The molecule has 2 N–H and O–H groups in total. The van der Waals surface area contributed by atoms with E-state index in [2.05, 4.69) is 20.5 Å². The first-order chi connectivity index (χ1) is 10.2. The van der Waals surface area contributed by atoms with Crippen molar-refractivity contribution in [3.63, 3.8) is 0 Å². The molecule has 3 heterocycles. The van der Waals surface area contributed by atoms with Crippen molar-refractivity contribution in [2.45, 2.75) is 12.8 Å². The Balaban J connectivity index is 1.63. The minimum Gasteiger partial charge on any atom is -0.472 e. The van der Waals surface area contributed by atoms with Gasteiger partial charge in [0.2, 0.25) is 11.9 Å². The number of piperidine rings is 1. The highest BCUT2D eigenvalue weighted by atomic mass is 16.3. The van der Waals surface area contributed by atoms with Crippen LogP contribution in [-0.2, 0) is 4.79 Å². The Kier molecular flexibility index (Phi) is 3.67. The summed E-state index contributed by atoms with van der Waals surface area (Å²) in [6, 6.07) is 1.63. The quantitative estimate of drug-likeness (QED) is 0.873. The molecule has 2 aromatic rings. The summed E-state index contributed by atoms with van der Waals surface area (Å²) in [7, 11) is 0. The number of rotatable bonds is 3. The number of carbonyl (C=O) groups is 2. The molecule has 0 spiro atoms. The maximum Gasteiger partial charge on any atom is 0.257 e. The number of H-pyrrole nitrogens is 1. The second-order valence-electron chi connectivity index (χ2n) is 4.93. The molecule has 0 unspecified atom stereocenters. The molecule has 1 aliphatic rings. The minimum atomic E-state index is -0.250. The van der Waals surface area contributed by atoms with Crippen molar-refractivity contribution < 1.29 is 14.0 Å². The van der Waals surface area contributed by atoms with Gasteiger partial charge in [0, 0.05) is 13.1 Å². The topological polar surface area (TPSA) is 104 Å². The summed E-state index contributed by atoms with van der Waals surface area (Å²) in [5.41, 5.74) is 0.506. The second kappa shape index (κ2) is 5.78. The van der Waals surface area contributed by atoms with Gasteiger partial charge in [0.1, 0.15) is 12.6 Å². The van der Waals surface area contributed by atoms with Crippen LogP contribution in [0.5, 0.6) is 0 Å². The summed E-state index contributed by atoms with van der Waals surface area (Å²) < 4.78 is 4.92. The highest BCUT2D eigenvalue weighted by Crippen LogP contribution is 2.20. The Hall–Kier alpha value is -2.64. The first-order valence-corrected chi connectivity index (χ1v) is 6.72. The first kappa shape index (κ1) is 13.3. The van der Waals surface area contributed by atoms with Gasteiger partial charge in [-0.25, -0.2) is 5.10 Å². The van der Waals surface area contributed by atoms with Crippen LogP contribution >= 0.6 is 0 Å². The molecule has 1 atom stereocenters. The highest BCUT2D eigenvalue weighted by Gasteiger charge is 2.29. The maximum atomic E-state index is 12.3. The third-order valence-electron chi connectivity index (χ3n) is 3.50. The number of furan rings is 1. The predicted octanol–water partition coefficient (Wildman–Crippen LogP) is 0.889. The lowest BCUT2D eigenvalue weighted by molar-refractivity contribution is -0.121. The number of anilines is 1. The van der Waals surface area contributed by atoms with E-state index in [1.165, 1.54) is 18.9 Å². The predicted molar refractivity (Wildman–Crippen MR) is 72.3 cm³/mol. The van der Waals surface area contributed by atoms with Crippen LogP contribution in [0.4, 0.5) is 5.95 Å². The number of hydrogen-bond acceptors (Lipinski definition) is 5. The van der Waals surface area contributed by atoms with E-state index in [-0.39, 0.29) is 17.7 Å². The summed E-state index contributed by atoms with van der Waals surface area (Å²) in [6.07, 6.45) is 5.74. The number of aromatic nitrogens is 3. The molecule has 0 aliphatic carbocycles. The van der Waals surface area contributed by atoms with Crippen molar-refractivity contribution in [1.29, 1.82) is 0 Å². The Morgan fingerprint density at radius 3 is 3.10 bits per heavy atom. The second-order valence-corrected chi connectivity index (χ2v) is 4.93. The summed E-state index contributed by atoms with van der Waals surface area (Å²) in [5, 5.41) is 8.91. The van der Waals surface area contributed by atoms with Crippen LogP contribution in [-0.4, -0.2) is 45.0 Å². The smallest absolute Gasteiger partial charge is 0.257 e. The average Bonchev–Trinajstić information content (AvgIpc) is 3.20. The van der Waals surface area contributed by atoms with Crippen molar-refractivity contribution in [1.82, 2.24) is 20.1 Å². The average molecular weight is 289 g/mol. The standard InChI is InChI=1S/C13H15N5O3/c19-11(16-13-14-8-15-17-13)9-2-1-4-18(6-9)12(20)10-3-5-21-7-10/h3,5,7-9H,1-2,4,6H2,(H2,14,15,16,17,19)/t9-/m1/s1. The molecule has 8 heteroatoms. The fraction of sp³-hybridized carbons (Fsp3) is 0.385. The molecule has 2 aromatic heterocycles. The van der Waals surface area contributed by atoms with E-state index >= 15 is 0 Å². The zero-order valence-corrected chi connectivity index (χ0v) is 11.3. The van der Waals surface area contributed by atoms with Gasteiger partial charge in [-0.3, -0.25) is 14.9 Å². The molecule has 21 heavy (non-hydrogen) atoms. The minimum absolute atomic E-state index is 0.110. The summed E-state index contributed by atoms with van der Waals surface area (Å²) >= 11 is 0.